The van der Waals surface area contributed by atoms with Crippen molar-refractivity contribution in [3.05, 3.63) is 59.9 Å². The molecule has 0 N–H and O–H groups in total. The van der Waals surface area contributed by atoms with Crippen molar-refractivity contribution in [1.82, 2.24) is 14.8 Å². The number of carbonyl (C=O) groups is 2. The molecule has 1 atom stereocenters. The largest absolute Gasteiger partial charge is 0.491 e. The lowest BCUT2D eigenvalue weighted by Gasteiger charge is -2.35. The van der Waals surface area contributed by atoms with Gasteiger partial charge in [-0.25, -0.2) is 0 Å². The van der Waals surface area contributed by atoms with Crippen LogP contribution in [0.1, 0.15) is 62.4 Å². The first-order valence-corrected chi connectivity index (χ1v) is 12.2. The molecule has 0 saturated heterocycles. The predicted octanol–water partition coefficient (Wildman–Crippen LogP) is 4.59. The third-order valence-corrected chi connectivity index (χ3v) is 6.34. The average Bonchev–Trinajstić information content (AvgIpc) is 2.82. The number of pyridine rings is 1. The van der Waals surface area contributed by atoms with Crippen LogP contribution < -0.4 is 4.74 Å². The van der Waals surface area contributed by atoms with Gasteiger partial charge < -0.3 is 14.5 Å². The Morgan fingerprint density at radius 3 is 2.55 bits per heavy atom. The van der Waals surface area contributed by atoms with Crippen molar-refractivity contribution in [3.8, 4) is 5.75 Å². The lowest BCUT2D eigenvalue weighted by atomic mass is 10.0. The van der Waals surface area contributed by atoms with E-state index in [1.54, 1.807) is 12.4 Å². The Bertz CT molecular complexity index is 900. The van der Waals surface area contributed by atoms with Crippen LogP contribution in [0.5, 0.6) is 5.75 Å². The van der Waals surface area contributed by atoms with Gasteiger partial charge in [-0.3, -0.25) is 14.6 Å². The molecule has 2 heterocycles. The van der Waals surface area contributed by atoms with Crippen LogP contribution in [0, 0.1) is 5.92 Å². The van der Waals surface area contributed by atoms with Crippen molar-refractivity contribution in [1.29, 1.82) is 0 Å². The van der Waals surface area contributed by atoms with Crippen LogP contribution in [0.25, 0.3) is 0 Å². The molecule has 33 heavy (non-hydrogen) atoms. The summed E-state index contributed by atoms with van der Waals surface area (Å²) in [4.78, 5) is 34.6. The van der Waals surface area contributed by atoms with Crippen LogP contribution in [-0.2, 0) is 11.2 Å². The van der Waals surface area contributed by atoms with Gasteiger partial charge in [0.05, 0.1) is 18.0 Å². The summed E-state index contributed by atoms with van der Waals surface area (Å²) in [5.41, 5.74) is 1.51. The maximum absolute atomic E-state index is 13.4. The lowest BCUT2D eigenvalue weighted by Crippen LogP contribution is -2.48. The molecule has 3 rings (SSSR count). The first kappa shape index (κ1) is 24.7. The highest BCUT2D eigenvalue weighted by molar-refractivity contribution is 5.96. The highest BCUT2D eigenvalue weighted by Gasteiger charge is 2.28. The zero-order chi connectivity index (χ0) is 23.6. The predicted molar refractivity (Wildman–Crippen MR) is 130 cm³/mol. The number of aromatic nitrogens is 1. The van der Waals surface area contributed by atoms with E-state index in [2.05, 4.69) is 18.8 Å². The minimum Gasteiger partial charge on any atom is -0.491 e. The van der Waals surface area contributed by atoms with Crippen LogP contribution in [0.15, 0.2) is 48.8 Å². The fourth-order valence-electron chi connectivity index (χ4n) is 4.35. The maximum atomic E-state index is 13.4. The Hall–Kier alpha value is -2.89. The van der Waals surface area contributed by atoms with Gasteiger partial charge in [0.25, 0.3) is 5.91 Å². The summed E-state index contributed by atoms with van der Waals surface area (Å²) >= 11 is 0. The highest BCUT2D eigenvalue weighted by Crippen LogP contribution is 2.23. The second-order valence-electron chi connectivity index (χ2n) is 9.04. The van der Waals surface area contributed by atoms with Gasteiger partial charge in [-0.1, -0.05) is 44.9 Å². The normalized spacial score (nSPS) is 18.4. The van der Waals surface area contributed by atoms with Gasteiger partial charge in [0.2, 0.25) is 5.91 Å². The standard InChI is InChI=1S/C27H37N3O3/c1-4-29-16-9-5-6-10-17-30(26(31)18-22-12-11-15-28-19-22)24(21(2)3)20-33-25-14-8-7-13-23(25)27(29)32/h7-8,11-15,19,21,24H,4-6,9-10,16-18,20H2,1-3H3/t24-/m1/s1. The highest BCUT2D eigenvalue weighted by atomic mass is 16.5. The number of hydrogen-bond donors (Lipinski definition) is 0. The number of hydrogen-bond acceptors (Lipinski definition) is 4. The van der Waals surface area contributed by atoms with E-state index in [-0.39, 0.29) is 23.8 Å². The number of nitrogens with zero attached hydrogens (tertiary/aromatic N) is 3. The van der Waals surface area contributed by atoms with Crippen molar-refractivity contribution >= 4 is 11.8 Å². The topological polar surface area (TPSA) is 62.7 Å². The van der Waals surface area contributed by atoms with Gasteiger partial charge in [-0.05, 0) is 49.4 Å². The zero-order valence-electron chi connectivity index (χ0n) is 20.2. The number of fused-ring (bicyclic) bond motifs is 1. The fourth-order valence-corrected chi connectivity index (χ4v) is 4.35. The second-order valence-corrected chi connectivity index (χ2v) is 9.04. The molecular weight excluding hydrogens is 414 g/mol. The quantitative estimate of drug-likeness (QED) is 0.682. The van der Waals surface area contributed by atoms with E-state index in [0.29, 0.717) is 37.4 Å². The summed E-state index contributed by atoms with van der Waals surface area (Å²) in [5, 5.41) is 0. The van der Waals surface area contributed by atoms with Gasteiger partial charge >= 0.3 is 0 Å². The molecule has 6 heteroatoms. The Morgan fingerprint density at radius 1 is 1.09 bits per heavy atom. The van der Waals surface area contributed by atoms with Gasteiger partial charge in [0, 0.05) is 32.0 Å². The van der Waals surface area contributed by atoms with Crippen molar-refractivity contribution < 1.29 is 14.3 Å². The molecule has 0 bridgehead atoms. The minimum absolute atomic E-state index is 0.00997. The summed E-state index contributed by atoms with van der Waals surface area (Å²) < 4.78 is 6.25. The first-order chi connectivity index (χ1) is 16.0. The monoisotopic (exact) mass is 451 g/mol. The SMILES string of the molecule is CCN1CCCCCCN(C(=O)Cc2cccnc2)[C@@H](C(C)C)COc2ccccc2C1=O. The summed E-state index contributed by atoms with van der Waals surface area (Å²) in [6.07, 6.45) is 7.78. The maximum Gasteiger partial charge on any atom is 0.257 e. The van der Waals surface area contributed by atoms with Crippen LogP contribution in [0.3, 0.4) is 0 Å². The van der Waals surface area contributed by atoms with Crippen LogP contribution >= 0.6 is 0 Å². The number of para-hydroxylation sites is 1. The lowest BCUT2D eigenvalue weighted by molar-refractivity contribution is -0.134. The van der Waals surface area contributed by atoms with Crippen molar-refractivity contribution in [2.45, 2.75) is 58.9 Å². The number of rotatable bonds is 4. The van der Waals surface area contributed by atoms with Gasteiger partial charge in [0.15, 0.2) is 0 Å². The molecule has 178 valence electrons. The van der Waals surface area contributed by atoms with Gasteiger partial charge in [-0.15, -0.1) is 0 Å². The second kappa shape index (κ2) is 12.4. The number of benzene rings is 1. The van der Waals surface area contributed by atoms with E-state index in [9.17, 15) is 9.59 Å². The Kier molecular flexibility index (Phi) is 9.28. The molecule has 2 aromatic rings. The Morgan fingerprint density at radius 2 is 1.85 bits per heavy atom. The summed E-state index contributed by atoms with van der Waals surface area (Å²) in [5.74, 6) is 0.906. The number of amides is 2. The fraction of sp³-hybridized carbons (Fsp3) is 0.519. The molecule has 1 aromatic carbocycles. The van der Waals surface area contributed by atoms with Crippen LogP contribution in [-0.4, -0.2) is 58.9 Å². The summed E-state index contributed by atoms with van der Waals surface area (Å²) in [6, 6.07) is 11.2. The molecule has 2 amide bonds. The van der Waals surface area contributed by atoms with Crippen molar-refractivity contribution in [2.75, 3.05) is 26.2 Å². The molecular formula is C27H37N3O3. The average molecular weight is 452 g/mol. The molecule has 6 nitrogen and oxygen atoms in total. The molecule has 0 spiro atoms. The van der Waals surface area contributed by atoms with E-state index >= 15 is 0 Å². The Labute approximate surface area is 197 Å². The number of ether oxygens (including phenoxy) is 1. The molecule has 1 aromatic heterocycles. The van der Waals surface area contributed by atoms with E-state index < -0.39 is 0 Å². The number of carbonyl (C=O) groups excluding carboxylic acids is 2. The molecule has 0 saturated carbocycles. The molecule has 0 unspecified atom stereocenters. The van der Waals surface area contributed by atoms with E-state index in [1.165, 1.54) is 0 Å². The van der Waals surface area contributed by atoms with Crippen LogP contribution in [0.4, 0.5) is 0 Å². The molecule has 0 aliphatic carbocycles. The first-order valence-electron chi connectivity index (χ1n) is 12.2. The summed E-state index contributed by atoms with van der Waals surface area (Å²) in [6.45, 7) is 8.75. The minimum atomic E-state index is -0.0810. The summed E-state index contributed by atoms with van der Waals surface area (Å²) in [7, 11) is 0. The third-order valence-electron chi connectivity index (χ3n) is 6.34. The van der Waals surface area contributed by atoms with Crippen LogP contribution in [0.2, 0.25) is 0 Å². The third kappa shape index (κ3) is 6.80. The van der Waals surface area contributed by atoms with Crippen molar-refractivity contribution in [3.63, 3.8) is 0 Å². The van der Waals surface area contributed by atoms with E-state index in [1.807, 2.05) is 53.1 Å². The zero-order valence-corrected chi connectivity index (χ0v) is 20.2. The smallest absolute Gasteiger partial charge is 0.257 e. The molecule has 0 fully saturated rings. The van der Waals surface area contributed by atoms with E-state index in [0.717, 1.165) is 37.8 Å². The molecule has 0 radical (unpaired) electrons. The van der Waals surface area contributed by atoms with Gasteiger partial charge in [0.1, 0.15) is 12.4 Å². The molecule has 1 aliphatic rings. The van der Waals surface area contributed by atoms with Crippen molar-refractivity contribution in [2.24, 2.45) is 5.92 Å². The van der Waals surface area contributed by atoms with E-state index in [4.69, 9.17) is 4.74 Å². The Balaban J connectivity index is 1.86. The van der Waals surface area contributed by atoms with Gasteiger partial charge in [-0.2, -0.15) is 0 Å². The molecule has 1 aliphatic heterocycles.